The fraction of sp³-hybridized carbons (Fsp3) is 0.167. The van der Waals surface area contributed by atoms with Gasteiger partial charge in [0.05, 0.1) is 0 Å². The minimum atomic E-state index is -3.71. The van der Waals surface area contributed by atoms with Crippen LogP contribution < -0.4 is 4.72 Å². The van der Waals surface area contributed by atoms with Crippen LogP contribution in [0.3, 0.4) is 0 Å². The van der Waals surface area contributed by atoms with Crippen LogP contribution in [0.2, 0.25) is 0 Å². The van der Waals surface area contributed by atoms with Crippen LogP contribution >= 0.6 is 0 Å². The van der Waals surface area contributed by atoms with Crippen LogP contribution in [-0.4, -0.2) is 27.5 Å². The second-order valence-electron chi connectivity index (χ2n) is 3.40. The third-order valence-corrected chi connectivity index (χ3v) is 3.00. The maximum Gasteiger partial charge on any atom is 0.322 e. The van der Waals surface area contributed by atoms with Crippen molar-refractivity contribution >= 4 is 22.1 Å². The number of esters is 1. The molecule has 0 fully saturated rings. The van der Waals surface area contributed by atoms with E-state index in [9.17, 15) is 13.2 Å². The van der Waals surface area contributed by atoms with Gasteiger partial charge in [-0.1, -0.05) is 30.3 Å². The minimum Gasteiger partial charge on any atom is -0.449 e. The number of nitriles is 1. The van der Waals surface area contributed by atoms with Gasteiger partial charge >= 0.3 is 5.97 Å². The summed E-state index contributed by atoms with van der Waals surface area (Å²) in [5.41, 5.74) is 0.722. The Bertz CT molecular complexity index is 588. The zero-order chi connectivity index (χ0) is 14.1. The number of nitrogens with one attached hydrogen (secondary N) is 1. The first-order valence-electron chi connectivity index (χ1n) is 5.29. The lowest BCUT2D eigenvalue weighted by atomic mass is 10.2. The summed E-state index contributed by atoms with van der Waals surface area (Å²) in [6, 6.07) is 10.5. The van der Waals surface area contributed by atoms with Crippen molar-refractivity contribution in [1.29, 1.82) is 5.26 Å². The van der Waals surface area contributed by atoms with Crippen molar-refractivity contribution in [3.63, 3.8) is 0 Å². The third kappa shape index (κ3) is 6.35. The Labute approximate surface area is 111 Å². The van der Waals surface area contributed by atoms with Crippen molar-refractivity contribution in [1.82, 2.24) is 4.72 Å². The highest BCUT2D eigenvalue weighted by molar-refractivity contribution is 7.92. The maximum absolute atomic E-state index is 11.5. The van der Waals surface area contributed by atoms with Gasteiger partial charge in [-0.15, -0.1) is 0 Å². The molecule has 1 N–H and O–H groups in total. The van der Waals surface area contributed by atoms with E-state index in [1.807, 2.05) is 10.8 Å². The molecular weight excluding hydrogens is 268 g/mol. The summed E-state index contributed by atoms with van der Waals surface area (Å²) in [5, 5.41) is 9.13. The van der Waals surface area contributed by atoms with E-state index in [2.05, 4.69) is 4.74 Å². The van der Waals surface area contributed by atoms with Crippen molar-refractivity contribution in [2.75, 3.05) is 13.2 Å². The zero-order valence-corrected chi connectivity index (χ0v) is 10.8. The fourth-order valence-corrected chi connectivity index (χ4v) is 1.86. The van der Waals surface area contributed by atoms with Gasteiger partial charge in [-0.3, -0.25) is 4.79 Å². The Balaban J connectivity index is 2.51. The molecule has 0 heterocycles. The summed E-state index contributed by atoms with van der Waals surface area (Å²) in [7, 11) is -3.71. The first-order chi connectivity index (χ1) is 9.03. The molecule has 0 unspecified atom stereocenters. The smallest absolute Gasteiger partial charge is 0.322 e. The molecule has 0 spiro atoms. The normalized spacial score (nSPS) is 11.1. The van der Waals surface area contributed by atoms with Crippen LogP contribution in [0.25, 0.3) is 6.08 Å². The molecule has 0 radical (unpaired) electrons. The molecule has 1 rings (SSSR count). The quantitative estimate of drug-likeness (QED) is 0.771. The largest absolute Gasteiger partial charge is 0.449 e. The van der Waals surface area contributed by atoms with Gasteiger partial charge in [0, 0.05) is 5.41 Å². The van der Waals surface area contributed by atoms with Gasteiger partial charge in [-0.25, -0.2) is 13.1 Å². The van der Waals surface area contributed by atoms with Gasteiger partial charge < -0.3 is 4.74 Å². The molecular formula is C12H12N2O4S. The van der Waals surface area contributed by atoms with E-state index in [0.29, 0.717) is 0 Å². The first kappa shape index (κ1) is 14.9. The number of hydrogen-bond donors (Lipinski definition) is 1. The van der Waals surface area contributed by atoms with Gasteiger partial charge in [0.15, 0.2) is 6.61 Å². The summed E-state index contributed by atoms with van der Waals surface area (Å²) in [5.74, 6) is -0.807. The van der Waals surface area contributed by atoms with Gasteiger partial charge in [0.25, 0.3) is 0 Å². The Kier molecular flexibility index (Phi) is 5.73. The van der Waals surface area contributed by atoms with Crippen LogP contribution in [0.1, 0.15) is 5.56 Å². The summed E-state index contributed by atoms with van der Waals surface area (Å²) in [4.78, 5) is 11.0. The van der Waals surface area contributed by atoms with E-state index in [0.717, 1.165) is 11.0 Å². The summed E-state index contributed by atoms with van der Waals surface area (Å²) < 4.78 is 29.5. The Hall–Kier alpha value is -2.17. The standard InChI is InChI=1S/C12H12N2O4S/c13-7-8-18-12(15)10-14-19(16,17)9-6-11-4-2-1-3-5-11/h1-6,9,14H,8,10H2/b9-6+. The van der Waals surface area contributed by atoms with Gasteiger partial charge in [0.2, 0.25) is 10.0 Å². The predicted molar refractivity (Wildman–Crippen MR) is 69.0 cm³/mol. The lowest BCUT2D eigenvalue weighted by Crippen LogP contribution is -2.29. The van der Waals surface area contributed by atoms with Gasteiger partial charge in [-0.05, 0) is 11.6 Å². The number of sulfonamides is 1. The number of carbonyl (C=O) groups is 1. The van der Waals surface area contributed by atoms with Crippen LogP contribution in [0.4, 0.5) is 0 Å². The third-order valence-electron chi connectivity index (χ3n) is 1.95. The van der Waals surface area contributed by atoms with Crippen LogP contribution in [0.15, 0.2) is 35.7 Å². The number of hydrogen-bond acceptors (Lipinski definition) is 5. The number of carbonyl (C=O) groups excluding carboxylic acids is 1. The molecule has 1 aromatic rings. The van der Waals surface area contributed by atoms with E-state index in [1.54, 1.807) is 30.3 Å². The molecule has 0 aliphatic rings. The number of nitrogens with zero attached hydrogens (tertiary/aromatic N) is 1. The van der Waals surface area contributed by atoms with Crippen LogP contribution in [0, 0.1) is 11.3 Å². The van der Waals surface area contributed by atoms with E-state index < -0.39 is 29.1 Å². The monoisotopic (exact) mass is 280 g/mol. The maximum atomic E-state index is 11.5. The minimum absolute atomic E-state index is 0.402. The van der Waals surface area contributed by atoms with Gasteiger partial charge in [-0.2, -0.15) is 5.26 Å². The second-order valence-corrected chi connectivity index (χ2v) is 5.05. The average molecular weight is 280 g/mol. The molecule has 100 valence electrons. The molecule has 0 aromatic heterocycles. The van der Waals surface area contributed by atoms with E-state index in [-0.39, 0.29) is 0 Å². The highest BCUT2D eigenvalue weighted by Crippen LogP contribution is 2.02. The summed E-state index contributed by atoms with van der Waals surface area (Å²) in [6.07, 6.45) is 1.41. The number of benzene rings is 1. The molecule has 0 amide bonds. The molecule has 0 saturated heterocycles. The van der Waals surface area contributed by atoms with Crippen molar-refractivity contribution in [2.24, 2.45) is 0 Å². The van der Waals surface area contributed by atoms with Crippen molar-refractivity contribution < 1.29 is 17.9 Å². The lowest BCUT2D eigenvalue weighted by molar-refractivity contribution is -0.140. The van der Waals surface area contributed by atoms with E-state index in [1.165, 1.54) is 6.08 Å². The second kappa shape index (κ2) is 7.31. The molecule has 19 heavy (non-hydrogen) atoms. The zero-order valence-electron chi connectivity index (χ0n) is 9.94. The molecule has 7 heteroatoms. The topological polar surface area (TPSA) is 96.3 Å². The van der Waals surface area contributed by atoms with Crippen LogP contribution in [0.5, 0.6) is 0 Å². The Morgan fingerprint density at radius 2 is 2.05 bits per heavy atom. The van der Waals surface area contributed by atoms with Crippen molar-refractivity contribution in [3.8, 4) is 6.07 Å². The predicted octanol–water partition coefficient (Wildman–Crippen LogP) is 0.643. The SMILES string of the molecule is N#CCOC(=O)CNS(=O)(=O)/C=C/c1ccccc1. The van der Waals surface area contributed by atoms with E-state index in [4.69, 9.17) is 5.26 Å². The molecule has 6 nitrogen and oxygen atoms in total. The van der Waals surface area contributed by atoms with E-state index >= 15 is 0 Å². The van der Waals surface area contributed by atoms with Crippen molar-refractivity contribution in [2.45, 2.75) is 0 Å². The lowest BCUT2D eigenvalue weighted by Gasteiger charge is -2.01. The number of ether oxygens (including phenoxy) is 1. The fourth-order valence-electron chi connectivity index (χ4n) is 1.10. The highest BCUT2D eigenvalue weighted by atomic mass is 32.2. The highest BCUT2D eigenvalue weighted by Gasteiger charge is 2.09. The molecule has 0 atom stereocenters. The molecule has 0 bridgehead atoms. The number of rotatable bonds is 6. The molecule has 0 saturated carbocycles. The van der Waals surface area contributed by atoms with Gasteiger partial charge in [0.1, 0.15) is 12.6 Å². The Morgan fingerprint density at radius 3 is 2.68 bits per heavy atom. The first-order valence-corrected chi connectivity index (χ1v) is 6.83. The Morgan fingerprint density at radius 1 is 1.37 bits per heavy atom. The average Bonchev–Trinajstić information content (AvgIpc) is 2.42. The summed E-state index contributed by atoms with van der Waals surface area (Å²) >= 11 is 0. The molecule has 0 aliphatic heterocycles. The molecule has 0 aliphatic carbocycles. The van der Waals surface area contributed by atoms with Crippen molar-refractivity contribution in [3.05, 3.63) is 41.3 Å². The summed E-state index contributed by atoms with van der Waals surface area (Å²) in [6.45, 7) is -0.913. The molecule has 1 aromatic carbocycles. The van der Waals surface area contributed by atoms with Crippen LogP contribution in [-0.2, 0) is 19.6 Å².